The van der Waals surface area contributed by atoms with Crippen LogP contribution >= 0.6 is 0 Å². The number of carboxylic acids is 1. The molecule has 1 atom stereocenters. The number of nitrogens with zero attached hydrogens (tertiary/aromatic N) is 2. The number of ether oxygens (including phenoxy) is 1. The van der Waals surface area contributed by atoms with Gasteiger partial charge in [0.2, 0.25) is 10.0 Å². The van der Waals surface area contributed by atoms with Crippen LogP contribution in [0, 0.1) is 26.2 Å². The highest BCUT2D eigenvalue weighted by Crippen LogP contribution is 2.51. The van der Waals surface area contributed by atoms with Gasteiger partial charge >= 0.3 is 5.97 Å². The quantitative estimate of drug-likeness (QED) is 0.466. The molecule has 2 heterocycles. The minimum atomic E-state index is -3.68. The average molecular weight is 541 g/mol. The number of sulfonamides is 1. The molecule has 0 saturated carbocycles. The number of aryl methyl sites for hydroxylation is 1. The molecule has 8 heteroatoms. The minimum absolute atomic E-state index is 0.143. The number of carbonyl (C=O) groups is 1. The van der Waals surface area contributed by atoms with Gasteiger partial charge in [-0.3, -0.25) is 9.29 Å². The Morgan fingerprint density at radius 3 is 2.34 bits per heavy atom. The Hall–Kier alpha value is -2.71. The highest BCUT2D eigenvalue weighted by atomic mass is 32.2. The van der Waals surface area contributed by atoms with Gasteiger partial charge in [-0.1, -0.05) is 26.0 Å². The number of allylic oxidation sites excluding steroid dienone is 2. The van der Waals surface area contributed by atoms with Crippen LogP contribution in [0.25, 0.3) is 16.8 Å². The molecule has 1 aromatic carbocycles. The van der Waals surface area contributed by atoms with Gasteiger partial charge in [-0.25, -0.2) is 13.2 Å². The lowest BCUT2D eigenvalue weighted by molar-refractivity contribution is -0.160. The highest BCUT2D eigenvalue weighted by Gasteiger charge is 2.39. The van der Waals surface area contributed by atoms with Crippen molar-refractivity contribution in [2.24, 2.45) is 5.41 Å². The SMILES string of the molecule is Cc1cnc2c(c1)CN(S(C)(=O)=O)c1c(C)c(C(OC(C)(C)C)C(=O)O)c(C3=CCC(C)(C)CC3)c(C)c1-2. The first-order valence-corrected chi connectivity index (χ1v) is 15.0. The predicted octanol–water partition coefficient (Wildman–Crippen LogP) is 6.49. The maximum Gasteiger partial charge on any atom is 0.337 e. The largest absolute Gasteiger partial charge is 0.479 e. The van der Waals surface area contributed by atoms with Crippen molar-refractivity contribution in [1.82, 2.24) is 4.98 Å². The number of benzene rings is 1. The van der Waals surface area contributed by atoms with E-state index in [1.165, 1.54) is 10.6 Å². The smallest absolute Gasteiger partial charge is 0.337 e. The molecule has 0 radical (unpaired) electrons. The lowest BCUT2D eigenvalue weighted by Gasteiger charge is -2.38. The Labute approximate surface area is 227 Å². The standard InChI is InChI=1S/C30H40N2O5S/c1-17-14-21-16-32(38(9,35)36)26-19(3)23(27(28(33)34)37-29(4,5)6)22(18(2)24(26)25(21)31-15-17)20-10-12-30(7,8)13-11-20/h10,14-15,27H,11-13,16H2,1-9H3,(H,33,34). The van der Waals surface area contributed by atoms with Gasteiger partial charge in [-0.15, -0.1) is 0 Å². The van der Waals surface area contributed by atoms with Crippen LogP contribution in [0.1, 0.15) is 93.4 Å². The number of anilines is 1. The van der Waals surface area contributed by atoms with Crippen LogP contribution in [0.2, 0.25) is 0 Å². The van der Waals surface area contributed by atoms with Crippen molar-refractivity contribution in [1.29, 1.82) is 0 Å². The molecular weight excluding hydrogens is 500 g/mol. The molecule has 1 aliphatic carbocycles. The third-order valence-electron chi connectivity index (χ3n) is 7.57. The van der Waals surface area contributed by atoms with E-state index in [0.29, 0.717) is 16.8 Å². The van der Waals surface area contributed by atoms with E-state index >= 15 is 0 Å². The van der Waals surface area contributed by atoms with Gasteiger partial charge in [0.1, 0.15) is 0 Å². The number of carboxylic acid groups (broad SMARTS) is 1. The van der Waals surface area contributed by atoms with E-state index < -0.39 is 27.7 Å². The van der Waals surface area contributed by atoms with Crippen molar-refractivity contribution in [2.75, 3.05) is 10.6 Å². The third kappa shape index (κ3) is 5.25. The van der Waals surface area contributed by atoms with Gasteiger partial charge in [0.05, 0.1) is 29.8 Å². The monoisotopic (exact) mass is 540 g/mol. The van der Waals surface area contributed by atoms with Gasteiger partial charge in [-0.2, -0.15) is 0 Å². The molecule has 0 saturated heterocycles. The Bertz CT molecular complexity index is 1450. The van der Waals surface area contributed by atoms with E-state index in [1.54, 1.807) is 6.20 Å². The topological polar surface area (TPSA) is 96.8 Å². The number of fused-ring (bicyclic) bond motifs is 3. The third-order valence-corrected chi connectivity index (χ3v) is 8.68. The number of aromatic nitrogens is 1. The summed E-state index contributed by atoms with van der Waals surface area (Å²) in [4.78, 5) is 17.5. The molecule has 0 amide bonds. The molecule has 0 bridgehead atoms. The minimum Gasteiger partial charge on any atom is -0.479 e. The first-order chi connectivity index (χ1) is 17.4. The molecule has 1 aromatic heterocycles. The molecule has 0 spiro atoms. The zero-order valence-corrected chi connectivity index (χ0v) is 24.8. The Morgan fingerprint density at radius 2 is 1.82 bits per heavy atom. The van der Waals surface area contributed by atoms with Crippen molar-refractivity contribution in [3.63, 3.8) is 0 Å². The predicted molar refractivity (Wildman–Crippen MR) is 152 cm³/mol. The molecule has 7 nitrogen and oxygen atoms in total. The normalized spacial score (nSPS) is 17.9. The van der Waals surface area contributed by atoms with Crippen molar-refractivity contribution in [3.05, 3.63) is 51.7 Å². The second-order valence-electron chi connectivity index (χ2n) is 12.6. The molecule has 2 aliphatic rings. The number of hydrogen-bond donors (Lipinski definition) is 1. The molecule has 0 fully saturated rings. The molecule has 4 rings (SSSR count). The fraction of sp³-hybridized carbons (Fsp3) is 0.533. The molecule has 38 heavy (non-hydrogen) atoms. The van der Waals surface area contributed by atoms with Crippen LogP contribution in [-0.2, 0) is 26.1 Å². The molecule has 1 aliphatic heterocycles. The number of hydrogen-bond acceptors (Lipinski definition) is 5. The molecule has 2 aromatic rings. The summed E-state index contributed by atoms with van der Waals surface area (Å²) in [5.74, 6) is -1.10. The van der Waals surface area contributed by atoms with Crippen molar-refractivity contribution in [2.45, 2.75) is 92.9 Å². The summed E-state index contributed by atoms with van der Waals surface area (Å²) in [6.07, 6.45) is 6.58. The van der Waals surface area contributed by atoms with Crippen molar-refractivity contribution in [3.8, 4) is 11.3 Å². The Kier molecular flexibility index (Phi) is 7.07. The van der Waals surface area contributed by atoms with Crippen molar-refractivity contribution < 1.29 is 23.1 Å². The molecule has 1 N–H and O–H groups in total. The molecular formula is C30H40N2O5S. The van der Waals surface area contributed by atoms with Gasteiger partial charge in [0, 0.05) is 17.3 Å². The number of rotatable bonds is 5. The second kappa shape index (κ2) is 9.49. The fourth-order valence-electron chi connectivity index (χ4n) is 5.73. The van der Waals surface area contributed by atoms with Crippen LogP contribution < -0.4 is 4.31 Å². The first-order valence-electron chi connectivity index (χ1n) is 13.1. The van der Waals surface area contributed by atoms with Gasteiger partial charge < -0.3 is 9.84 Å². The highest BCUT2D eigenvalue weighted by molar-refractivity contribution is 7.92. The Balaban J connectivity index is 2.16. The van der Waals surface area contributed by atoms with E-state index in [2.05, 4.69) is 19.9 Å². The van der Waals surface area contributed by atoms with Crippen LogP contribution in [-0.4, -0.2) is 36.3 Å². The van der Waals surface area contributed by atoms with E-state index in [4.69, 9.17) is 9.72 Å². The van der Waals surface area contributed by atoms with E-state index in [0.717, 1.165) is 58.3 Å². The summed E-state index contributed by atoms with van der Waals surface area (Å²) in [5, 5.41) is 10.4. The van der Waals surface area contributed by atoms with Crippen molar-refractivity contribution >= 4 is 27.3 Å². The maximum absolute atomic E-state index is 13.2. The van der Waals surface area contributed by atoms with Gasteiger partial charge in [-0.05, 0) is 99.6 Å². The summed E-state index contributed by atoms with van der Waals surface area (Å²) in [6, 6.07) is 1.98. The maximum atomic E-state index is 13.2. The van der Waals surface area contributed by atoms with Crippen LogP contribution in [0.15, 0.2) is 18.3 Å². The number of pyridine rings is 1. The lowest BCUT2D eigenvalue weighted by Crippen LogP contribution is -2.35. The van der Waals surface area contributed by atoms with Crippen LogP contribution in [0.3, 0.4) is 0 Å². The second-order valence-corrected chi connectivity index (χ2v) is 14.5. The summed E-state index contributed by atoms with van der Waals surface area (Å²) in [5.41, 5.74) is 7.09. The van der Waals surface area contributed by atoms with Crippen LogP contribution in [0.5, 0.6) is 0 Å². The first kappa shape index (κ1) is 28.3. The summed E-state index contributed by atoms with van der Waals surface area (Å²) < 4.78 is 33.9. The number of aliphatic carboxylic acids is 1. The lowest BCUT2D eigenvalue weighted by atomic mass is 9.73. The van der Waals surface area contributed by atoms with E-state index in [-0.39, 0.29) is 12.0 Å². The molecule has 206 valence electrons. The summed E-state index contributed by atoms with van der Waals surface area (Å²) >= 11 is 0. The van der Waals surface area contributed by atoms with E-state index in [1.807, 2.05) is 47.6 Å². The molecule has 1 unspecified atom stereocenters. The van der Waals surface area contributed by atoms with Crippen LogP contribution in [0.4, 0.5) is 5.69 Å². The fourth-order valence-corrected chi connectivity index (χ4v) is 6.67. The summed E-state index contributed by atoms with van der Waals surface area (Å²) in [6.45, 7) is 15.8. The zero-order chi connectivity index (χ0) is 28.4. The van der Waals surface area contributed by atoms with Gasteiger partial charge in [0.25, 0.3) is 0 Å². The van der Waals surface area contributed by atoms with Gasteiger partial charge in [0.15, 0.2) is 6.10 Å². The Morgan fingerprint density at radius 1 is 1.16 bits per heavy atom. The zero-order valence-electron chi connectivity index (χ0n) is 24.0. The van der Waals surface area contributed by atoms with E-state index in [9.17, 15) is 18.3 Å². The summed E-state index contributed by atoms with van der Waals surface area (Å²) in [7, 11) is -3.68. The average Bonchev–Trinajstić information content (AvgIpc) is 2.77.